The van der Waals surface area contributed by atoms with Crippen molar-refractivity contribution in [2.45, 2.75) is 26.3 Å². The van der Waals surface area contributed by atoms with Crippen LogP contribution in [0.25, 0.3) is 5.69 Å². The van der Waals surface area contributed by atoms with Crippen LogP contribution in [0.5, 0.6) is 0 Å². The summed E-state index contributed by atoms with van der Waals surface area (Å²) in [5.74, 6) is 2.77. The van der Waals surface area contributed by atoms with E-state index in [1.807, 2.05) is 55.8 Å². The van der Waals surface area contributed by atoms with Gasteiger partial charge in [0, 0.05) is 37.6 Å². The Hall–Kier alpha value is -3.02. The van der Waals surface area contributed by atoms with Crippen molar-refractivity contribution in [3.63, 3.8) is 0 Å². The summed E-state index contributed by atoms with van der Waals surface area (Å²) in [5, 5.41) is 3.00. The summed E-state index contributed by atoms with van der Waals surface area (Å²) in [7, 11) is 0. The molecule has 1 aliphatic heterocycles. The molecule has 0 atom stereocenters. The predicted octanol–water partition coefficient (Wildman–Crippen LogP) is 3.31. The average molecular weight is 364 g/mol. The molecule has 1 aliphatic rings. The highest BCUT2D eigenvalue weighted by atomic mass is 16.3. The van der Waals surface area contributed by atoms with Gasteiger partial charge in [0.2, 0.25) is 5.91 Å². The molecule has 1 saturated heterocycles. The van der Waals surface area contributed by atoms with Crippen molar-refractivity contribution in [1.29, 1.82) is 0 Å². The van der Waals surface area contributed by atoms with E-state index in [2.05, 4.69) is 25.8 Å². The van der Waals surface area contributed by atoms with Crippen molar-refractivity contribution in [1.82, 2.24) is 14.9 Å². The van der Waals surface area contributed by atoms with Crippen LogP contribution >= 0.6 is 0 Å². The molecule has 1 amide bonds. The fraction of sp³-hybridized carbons (Fsp3) is 0.333. The second-order valence-electron chi connectivity index (χ2n) is 6.93. The number of pyridine rings is 1. The van der Waals surface area contributed by atoms with Crippen molar-refractivity contribution < 1.29 is 9.21 Å². The summed E-state index contributed by atoms with van der Waals surface area (Å²) >= 11 is 0. The molecule has 0 unspecified atom stereocenters. The van der Waals surface area contributed by atoms with Gasteiger partial charge in [0.05, 0.1) is 12.2 Å². The number of aryl methyl sites for hydroxylation is 1. The lowest BCUT2D eigenvalue weighted by Crippen LogP contribution is -2.41. The molecule has 140 valence electrons. The van der Waals surface area contributed by atoms with Crippen molar-refractivity contribution in [2.24, 2.45) is 5.92 Å². The van der Waals surface area contributed by atoms with Crippen LogP contribution in [0.1, 0.15) is 24.4 Å². The van der Waals surface area contributed by atoms with Crippen LogP contribution in [0.4, 0.5) is 5.82 Å². The third-order valence-electron chi connectivity index (χ3n) is 5.05. The van der Waals surface area contributed by atoms with Crippen LogP contribution in [0, 0.1) is 12.8 Å². The number of hydrogen-bond donors (Lipinski definition) is 1. The Balaban J connectivity index is 1.36. The van der Waals surface area contributed by atoms with E-state index in [0.29, 0.717) is 6.54 Å². The van der Waals surface area contributed by atoms with Crippen LogP contribution in [0.2, 0.25) is 0 Å². The van der Waals surface area contributed by atoms with Crippen molar-refractivity contribution >= 4 is 11.7 Å². The van der Waals surface area contributed by atoms with Crippen LogP contribution < -0.4 is 10.2 Å². The van der Waals surface area contributed by atoms with Gasteiger partial charge in [-0.25, -0.2) is 4.98 Å². The molecule has 0 aromatic carbocycles. The van der Waals surface area contributed by atoms with Gasteiger partial charge in [-0.05, 0) is 56.2 Å². The normalized spacial score (nSPS) is 15.1. The molecule has 4 rings (SSSR count). The fourth-order valence-electron chi connectivity index (χ4n) is 3.58. The molecule has 1 fully saturated rings. The predicted molar refractivity (Wildman–Crippen MR) is 104 cm³/mol. The van der Waals surface area contributed by atoms with Gasteiger partial charge in [0.15, 0.2) is 5.82 Å². The number of hydrogen-bond acceptors (Lipinski definition) is 4. The van der Waals surface area contributed by atoms with E-state index in [9.17, 15) is 4.79 Å². The van der Waals surface area contributed by atoms with Gasteiger partial charge < -0.3 is 19.2 Å². The van der Waals surface area contributed by atoms with Gasteiger partial charge in [0.1, 0.15) is 11.5 Å². The minimum absolute atomic E-state index is 0.0380. The molecular formula is C21H24N4O2. The Morgan fingerprint density at radius 3 is 2.67 bits per heavy atom. The molecule has 6 heteroatoms. The average Bonchev–Trinajstić information content (AvgIpc) is 3.38. The molecule has 6 nitrogen and oxygen atoms in total. The summed E-state index contributed by atoms with van der Waals surface area (Å²) in [6, 6.07) is 11.9. The highest BCUT2D eigenvalue weighted by Gasteiger charge is 2.26. The maximum Gasteiger partial charge on any atom is 0.223 e. The molecule has 0 saturated carbocycles. The molecular weight excluding hydrogens is 340 g/mol. The number of amides is 1. The molecule has 3 aromatic heterocycles. The highest BCUT2D eigenvalue weighted by Crippen LogP contribution is 2.27. The third-order valence-corrected chi connectivity index (χ3v) is 5.05. The summed E-state index contributed by atoms with van der Waals surface area (Å²) in [4.78, 5) is 19.4. The number of aromatic nitrogens is 2. The number of anilines is 1. The molecule has 1 N–H and O–H groups in total. The van der Waals surface area contributed by atoms with Gasteiger partial charge in [-0.3, -0.25) is 4.79 Å². The molecule has 0 spiro atoms. The first-order valence-corrected chi connectivity index (χ1v) is 9.37. The standard InChI is InChI=1S/C21H24N4O2/c1-16-6-7-18(27-16)15-23-21(26)17-8-13-25(14-9-17)20-19(5-4-10-22-20)24-11-2-3-12-24/h2-7,10-12,17H,8-9,13-15H2,1H3,(H,23,26). The van der Waals surface area contributed by atoms with Crippen molar-refractivity contribution in [2.75, 3.05) is 18.0 Å². The SMILES string of the molecule is Cc1ccc(CNC(=O)C2CCN(c3ncccc3-n3cccc3)CC2)o1. The quantitative estimate of drug-likeness (QED) is 0.754. The number of nitrogens with one attached hydrogen (secondary N) is 1. The third kappa shape index (κ3) is 3.89. The summed E-state index contributed by atoms with van der Waals surface area (Å²) in [6.07, 6.45) is 7.52. The lowest BCUT2D eigenvalue weighted by molar-refractivity contribution is -0.125. The summed E-state index contributed by atoms with van der Waals surface area (Å²) < 4.78 is 7.59. The van der Waals surface area contributed by atoms with Crippen molar-refractivity contribution in [3.05, 3.63) is 66.5 Å². The van der Waals surface area contributed by atoms with E-state index in [1.165, 1.54) is 0 Å². The van der Waals surface area contributed by atoms with Gasteiger partial charge in [-0.1, -0.05) is 0 Å². The molecule has 4 heterocycles. The van der Waals surface area contributed by atoms with E-state index >= 15 is 0 Å². The molecule has 27 heavy (non-hydrogen) atoms. The lowest BCUT2D eigenvalue weighted by atomic mass is 9.96. The molecule has 0 aliphatic carbocycles. The van der Waals surface area contributed by atoms with Crippen LogP contribution in [-0.2, 0) is 11.3 Å². The zero-order valence-electron chi connectivity index (χ0n) is 15.5. The first kappa shape index (κ1) is 17.4. The number of piperidine rings is 1. The smallest absolute Gasteiger partial charge is 0.223 e. The van der Waals surface area contributed by atoms with E-state index < -0.39 is 0 Å². The zero-order valence-corrected chi connectivity index (χ0v) is 15.5. The Bertz CT molecular complexity index is 893. The van der Waals surface area contributed by atoms with Crippen LogP contribution in [-0.4, -0.2) is 28.5 Å². The van der Waals surface area contributed by atoms with Gasteiger partial charge in [-0.2, -0.15) is 0 Å². The number of carbonyl (C=O) groups is 1. The maximum absolute atomic E-state index is 12.5. The number of nitrogens with zero attached hydrogens (tertiary/aromatic N) is 3. The Morgan fingerprint density at radius 2 is 1.96 bits per heavy atom. The summed E-state index contributed by atoms with van der Waals surface area (Å²) in [6.45, 7) is 4.00. The van der Waals surface area contributed by atoms with E-state index in [1.54, 1.807) is 0 Å². The molecule has 0 bridgehead atoms. The first-order valence-electron chi connectivity index (χ1n) is 9.37. The molecule has 3 aromatic rings. The fourth-order valence-corrected chi connectivity index (χ4v) is 3.58. The van der Waals surface area contributed by atoms with Gasteiger partial charge >= 0.3 is 0 Å². The minimum Gasteiger partial charge on any atom is -0.465 e. The largest absolute Gasteiger partial charge is 0.465 e. The van der Waals surface area contributed by atoms with E-state index in [0.717, 1.165) is 49.0 Å². The first-order chi connectivity index (χ1) is 13.2. The zero-order chi connectivity index (χ0) is 18.6. The van der Waals surface area contributed by atoms with E-state index in [-0.39, 0.29) is 11.8 Å². The maximum atomic E-state index is 12.5. The number of carbonyl (C=O) groups excluding carboxylic acids is 1. The minimum atomic E-state index is 0.0380. The summed E-state index contributed by atoms with van der Waals surface area (Å²) in [5.41, 5.74) is 1.07. The number of furan rings is 1. The molecule has 0 radical (unpaired) electrons. The van der Waals surface area contributed by atoms with Crippen LogP contribution in [0.3, 0.4) is 0 Å². The number of rotatable bonds is 5. The second kappa shape index (κ2) is 7.70. The highest BCUT2D eigenvalue weighted by molar-refractivity contribution is 5.79. The van der Waals surface area contributed by atoms with Crippen molar-refractivity contribution in [3.8, 4) is 5.69 Å². The Labute approximate surface area is 158 Å². The second-order valence-corrected chi connectivity index (χ2v) is 6.93. The Kier molecular flexibility index (Phi) is 4.96. The lowest BCUT2D eigenvalue weighted by Gasteiger charge is -2.33. The monoisotopic (exact) mass is 364 g/mol. The van der Waals surface area contributed by atoms with Gasteiger partial charge in [-0.15, -0.1) is 0 Å². The van der Waals surface area contributed by atoms with Gasteiger partial charge in [0.25, 0.3) is 0 Å². The van der Waals surface area contributed by atoms with Crippen LogP contribution in [0.15, 0.2) is 59.4 Å². The topological polar surface area (TPSA) is 63.3 Å². The Morgan fingerprint density at radius 1 is 1.19 bits per heavy atom. The van der Waals surface area contributed by atoms with E-state index in [4.69, 9.17) is 4.42 Å².